The molecule has 54 heavy (non-hydrogen) atoms. The third-order valence-corrected chi connectivity index (χ3v) is 9.91. The molecule has 2 aliphatic heterocycles. The van der Waals surface area contributed by atoms with Gasteiger partial charge in [-0.3, -0.25) is 14.6 Å². The number of halogens is 8. The van der Waals surface area contributed by atoms with Gasteiger partial charge in [0, 0.05) is 24.7 Å². The standard InChI is InChI=1S/C35H34F8N6O5/c1-18-24(16-54-18)44-11-12-53-25-8-5-19(28(36)29(25)37)15-49-32(52)27(30(50)33(48(49)2)9-3-4-10-33)31(51)47-22-7-6-20(34(38,39)40)13-21(22)23-14-26(35(41,42)43)46-17-45-23/h5-8,13-14,17-18,24,44,50H,3-4,9-12,15-16H2,1-2H3,(H,47,51). The Labute approximate surface area is 302 Å². The third kappa shape index (κ3) is 7.43. The van der Waals surface area contributed by atoms with Crippen molar-refractivity contribution in [2.24, 2.45) is 0 Å². The average molecular weight is 771 g/mol. The van der Waals surface area contributed by atoms with E-state index in [-0.39, 0.29) is 42.9 Å². The van der Waals surface area contributed by atoms with Crippen molar-refractivity contribution in [3.8, 4) is 17.0 Å². The Morgan fingerprint density at radius 1 is 1.04 bits per heavy atom. The zero-order valence-corrected chi connectivity index (χ0v) is 28.7. The first kappa shape index (κ1) is 38.8. The highest BCUT2D eigenvalue weighted by Crippen LogP contribution is 2.45. The molecule has 6 rings (SSSR count). The van der Waals surface area contributed by atoms with E-state index in [1.54, 1.807) is 0 Å². The molecule has 11 nitrogen and oxygen atoms in total. The van der Waals surface area contributed by atoms with Crippen LogP contribution in [0.2, 0.25) is 0 Å². The third-order valence-electron chi connectivity index (χ3n) is 9.91. The maximum absolute atomic E-state index is 15.5. The van der Waals surface area contributed by atoms with Gasteiger partial charge in [-0.1, -0.05) is 18.9 Å². The first-order valence-corrected chi connectivity index (χ1v) is 16.8. The number of ether oxygens (including phenoxy) is 2. The van der Waals surface area contributed by atoms with Gasteiger partial charge in [0.05, 0.1) is 47.8 Å². The van der Waals surface area contributed by atoms with Crippen molar-refractivity contribution < 1.29 is 59.3 Å². The Morgan fingerprint density at radius 2 is 1.76 bits per heavy atom. The molecule has 0 radical (unpaired) electrons. The summed E-state index contributed by atoms with van der Waals surface area (Å²) in [6.07, 6.45) is -7.89. The summed E-state index contributed by atoms with van der Waals surface area (Å²) < 4.78 is 123. The van der Waals surface area contributed by atoms with Crippen LogP contribution in [0.4, 0.5) is 40.8 Å². The molecule has 1 aliphatic carbocycles. The molecule has 1 saturated heterocycles. The number of nitrogens with one attached hydrogen (secondary N) is 2. The van der Waals surface area contributed by atoms with E-state index in [2.05, 4.69) is 20.6 Å². The van der Waals surface area contributed by atoms with Crippen LogP contribution >= 0.6 is 0 Å². The molecule has 3 aromatic rings. The highest BCUT2D eigenvalue weighted by molar-refractivity contribution is 6.24. The molecule has 1 spiro atoms. The fourth-order valence-corrected chi connectivity index (χ4v) is 6.75. The molecular weight excluding hydrogens is 736 g/mol. The summed E-state index contributed by atoms with van der Waals surface area (Å²) in [7, 11) is 1.43. The number of carbonyl (C=O) groups excluding carboxylic acids is 2. The minimum absolute atomic E-state index is 0.0126. The molecule has 1 saturated carbocycles. The van der Waals surface area contributed by atoms with E-state index in [0.717, 1.165) is 11.1 Å². The molecular formula is C35H34F8N6O5. The van der Waals surface area contributed by atoms with Crippen molar-refractivity contribution in [1.82, 2.24) is 25.3 Å². The quantitative estimate of drug-likeness (QED) is 0.126. The number of hydrazine groups is 1. The topological polar surface area (TPSA) is 129 Å². The zero-order valence-electron chi connectivity index (χ0n) is 28.7. The van der Waals surface area contributed by atoms with E-state index in [0.29, 0.717) is 50.5 Å². The summed E-state index contributed by atoms with van der Waals surface area (Å²) in [5.41, 5.74) is -6.97. The minimum atomic E-state index is -4.99. The van der Waals surface area contributed by atoms with Gasteiger partial charge in [-0.2, -0.15) is 30.7 Å². The average Bonchev–Trinajstić information content (AvgIpc) is 3.62. The van der Waals surface area contributed by atoms with E-state index in [9.17, 15) is 41.0 Å². The van der Waals surface area contributed by atoms with E-state index >= 15 is 8.78 Å². The van der Waals surface area contributed by atoms with E-state index in [1.807, 2.05) is 6.92 Å². The Morgan fingerprint density at radius 3 is 2.39 bits per heavy atom. The van der Waals surface area contributed by atoms with Crippen LogP contribution in [0.15, 0.2) is 54.1 Å². The summed E-state index contributed by atoms with van der Waals surface area (Å²) in [6.45, 7) is 2.14. The number of benzene rings is 2. The van der Waals surface area contributed by atoms with Crippen LogP contribution in [-0.4, -0.2) is 81.4 Å². The van der Waals surface area contributed by atoms with Gasteiger partial charge < -0.3 is 25.2 Å². The number of amides is 2. The second-order valence-corrected chi connectivity index (χ2v) is 13.1. The summed E-state index contributed by atoms with van der Waals surface area (Å²) in [5.74, 6) is -6.17. The van der Waals surface area contributed by atoms with Crippen LogP contribution < -0.4 is 15.4 Å². The van der Waals surface area contributed by atoms with Gasteiger partial charge in [0.2, 0.25) is 5.82 Å². The monoisotopic (exact) mass is 770 g/mol. The van der Waals surface area contributed by atoms with Crippen LogP contribution in [0, 0.1) is 11.6 Å². The lowest BCUT2D eigenvalue weighted by atomic mass is 9.88. The normalized spacial score (nSPS) is 20.4. The van der Waals surface area contributed by atoms with E-state index in [4.69, 9.17) is 9.47 Å². The number of aliphatic hydroxyl groups is 1. The predicted molar refractivity (Wildman–Crippen MR) is 174 cm³/mol. The molecule has 3 heterocycles. The smallest absolute Gasteiger partial charge is 0.433 e. The molecule has 3 aliphatic rings. The van der Waals surface area contributed by atoms with Gasteiger partial charge in [0.15, 0.2) is 11.6 Å². The maximum atomic E-state index is 15.5. The maximum Gasteiger partial charge on any atom is 0.433 e. The van der Waals surface area contributed by atoms with Crippen LogP contribution in [0.1, 0.15) is 49.4 Å². The molecule has 2 unspecified atom stereocenters. The first-order valence-electron chi connectivity index (χ1n) is 16.8. The summed E-state index contributed by atoms with van der Waals surface area (Å²) >= 11 is 0. The number of hydrogen-bond donors (Lipinski definition) is 3. The molecule has 0 bridgehead atoms. The Kier molecular flexibility index (Phi) is 10.6. The van der Waals surface area contributed by atoms with Gasteiger partial charge in [-0.25, -0.2) is 19.4 Å². The van der Waals surface area contributed by atoms with Crippen LogP contribution in [0.5, 0.6) is 5.75 Å². The number of aromatic nitrogens is 2. The highest BCUT2D eigenvalue weighted by Gasteiger charge is 2.53. The molecule has 2 fully saturated rings. The van der Waals surface area contributed by atoms with Crippen molar-refractivity contribution in [2.75, 3.05) is 32.1 Å². The molecule has 19 heteroatoms. The minimum Gasteiger partial charge on any atom is -0.509 e. The van der Waals surface area contributed by atoms with Gasteiger partial charge in [0.1, 0.15) is 30.0 Å². The number of rotatable bonds is 10. The Hall–Kier alpha value is -4.88. The van der Waals surface area contributed by atoms with Crippen molar-refractivity contribution in [3.63, 3.8) is 0 Å². The van der Waals surface area contributed by atoms with Gasteiger partial charge in [0.25, 0.3) is 11.8 Å². The van der Waals surface area contributed by atoms with Gasteiger partial charge in [-0.05, 0) is 50.1 Å². The Bertz CT molecular complexity index is 1970. The molecule has 290 valence electrons. The molecule has 3 N–H and O–H groups in total. The lowest BCUT2D eigenvalue weighted by Crippen LogP contribution is -2.62. The fourth-order valence-electron chi connectivity index (χ4n) is 6.75. The SMILES string of the molecule is CC1OCC1NCCOc1ccc(CN2C(=O)C(C(=O)Nc3ccc(C(F)(F)F)cc3-c3cc(C(F)(F)F)ncn3)=C(O)C3(CCCC3)N2C)c(F)c1F. The first-order chi connectivity index (χ1) is 25.4. The predicted octanol–water partition coefficient (Wildman–Crippen LogP) is 6.17. The molecule has 2 atom stereocenters. The highest BCUT2D eigenvalue weighted by atomic mass is 19.4. The number of aliphatic hydroxyl groups excluding tert-OH is 1. The lowest BCUT2D eigenvalue weighted by Gasteiger charge is -2.48. The van der Waals surface area contributed by atoms with Crippen LogP contribution in [0.25, 0.3) is 11.3 Å². The zero-order chi connectivity index (χ0) is 39.2. The van der Waals surface area contributed by atoms with Crippen molar-refractivity contribution in [1.29, 1.82) is 0 Å². The second-order valence-electron chi connectivity index (χ2n) is 13.1. The van der Waals surface area contributed by atoms with Crippen molar-refractivity contribution in [3.05, 3.63) is 82.5 Å². The summed E-state index contributed by atoms with van der Waals surface area (Å²) in [5, 5.41) is 19.2. The largest absolute Gasteiger partial charge is 0.509 e. The number of nitrogens with zero attached hydrogens (tertiary/aromatic N) is 4. The van der Waals surface area contributed by atoms with Crippen LogP contribution in [0.3, 0.4) is 0 Å². The summed E-state index contributed by atoms with van der Waals surface area (Å²) in [4.78, 5) is 34.7. The molecule has 2 amide bonds. The molecule has 2 aromatic carbocycles. The second kappa shape index (κ2) is 14.7. The van der Waals surface area contributed by atoms with Gasteiger partial charge in [-0.15, -0.1) is 0 Å². The number of carbonyl (C=O) groups is 2. The number of alkyl halides is 6. The van der Waals surface area contributed by atoms with Crippen molar-refractivity contribution >= 4 is 17.5 Å². The van der Waals surface area contributed by atoms with Crippen LogP contribution in [-0.2, 0) is 33.2 Å². The van der Waals surface area contributed by atoms with E-state index < -0.39 is 87.4 Å². The van der Waals surface area contributed by atoms with E-state index in [1.165, 1.54) is 24.2 Å². The summed E-state index contributed by atoms with van der Waals surface area (Å²) in [6, 6.07) is 4.70. The van der Waals surface area contributed by atoms with Crippen molar-refractivity contribution in [2.45, 2.75) is 69.2 Å². The molecule has 1 aromatic heterocycles. The number of likely N-dealkylation sites (N-methyl/N-ethyl adjacent to an activating group) is 1. The Balaban J connectivity index is 1.29. The fraction of sp³-hybridized carbons (Fsp3) is 0.429. The number of hydrogen-bond acceptors (Lipinski definition) is 9. The lowest BCUT2D eigenvalue weighted by molar-refractivity contribution is -0.163. The number of anilines is 1. The van der Waals surface area contributed by atoms with Gasteiger partial charge >= 0.3 is 12.4 Å².